The molecule has 0 heterocycles. The topological polar surface area (TPSA) is 77.8 Å². The average molecular weight is 166 g/mol. The summed E-state index contributed by atoms with van der Waals surface area (Å²) in [5.41, 5.74) is 0. The third-order valence-electron chi connectivity index (χ3n) is 0.991. The van der Waals surface area contributed by atoms with Crippen molar-refractivity contribution >= 4 is 14.6 Å². The van der Waals surface area contributed by atoms with Crippen molar-refractivity contribution in [2.45, 2.75) is 12.5 Å². The molecule has 60 valence electrons. The highest BCUT2D eigenvalue weighted by Crippen LogP contribution is 2.09. The van der Waals surface area contributed by atoms with E-state index in [-0.39, 0.29) is 12.8 Å². The molecule has 0 amide bonds. The molecule has 0 aromatic carbocycles. The maximum absolute atomic E-state index is 9.98. The summed E-state index contributed by atoms with van der Waals surface area (Å²) in [6.45, 7) is 0. The van der Waals surface area contributed by atoms with E-state index in [0.717, 1.165) is 0 Å². The van der Waals surface area contributed by atoms with Gasteiger partial charge in [0.15, 0.2) is 6.10 Å². The fourth-order valence-corrected chi connectivity index (χ4v) is 1.08. The van der Waals surface area contributed by atoms with Crippen LogP contribution in [0.25, 0.3) is 0 Å². The van der Waals surface area contributed by atoms with Gasteiger partial charge in [0.2, 0.25) is 0 Å². The van der Waals surface area contributed by atoms with Gasteiger partial charge in [-0.05, 0) is 12.6 Å². The molecule has 2 unspecified atom stereocenters. The number of rotatable bonds is 5. The van der Waals surface area contributed by atoms with Crippen LogP contribution in [0.1, 0.15) is 6.42 Å². The summed E-state index contributed by atoms with van der Waals surface area (Å²) in [5, 5.41) is 25.1. The van der Waals surface area contributed by atoms with Gasteiger partial charge in [-0.2, -0.15) is 0 Å². The van der Waals surface area contributed by atoms with Crippen molar-refractivity contribution in [1.82, 2.24) is 0 Å². The zero-order valence-corrected chi connectivity index (χ0v) is 6.45. The molecule has 0 aromatic heterocycles. The number of carboxylic acids is 1. The van der Waals surface area contributed by atoms with Crippen LogP contribution in [-0.2, 0) is 4.79 Å². The Labute approximate surface area is 60.7 Å². The SMILES string of the molecule is O=C(O)C(O)CCPCO. The minimum atomic E-state index is -1.26. The maximum Gasteiger partial charge on any atom is 0.332 e. The molecule has 0 saturated carbocycles. The van der Waals surface area contributed by atoms with Crippen LogP contribution in [0.3, 0.4) is 0 Å². The van der Waals surface area contributed by atoms with Gasteiger partial charge < -0.3 is 15.3 Å². The molecule has 5 heteroatoms. The monoisotopic (exact) mass is 166 g/mol. The Hall–Kier alpha value is -0.180. The second kappa shape index (κ2) is 5.59. The normalized spacial score (nSPS) is 14.2. The number of carboxylic acid groups (broad SMARTS) is 1. The van der Waals surface area contributed by atoms with Crippen LogP contribution in [-0.4, -0.2) is 39.9 Å². The van der Waals surface area contributed by atoms with Crippen LogP contribution in [0.2, 0.25) is 0 Å². The smallest absolute Gasteiger partial charge is 0.332 e. The van der Waals surface area contributed by atoms with Crippen LogP contribution >= 0.6 is 8.58 Å². The van der Waals surface area contributed by atoms with Crippen molar-refractivity contribution in [3.63, 3.8) is 0 Å². The van der Waals surface area contributed by atoms with Crippen LogP contribution in [0.5, 0.6) is 0 Å². The lowest BCUT2D eigenvalue weighted by Crippen LogP contribution is -2.19. The molecule has 0 rings (SSSR count). The fraction of sp³-hybridized carbons (Fsp3) is 0.800. The van der Waals surface area contributed by atoms with E-state index in [1.54, 1.807) is 0 Å². The van der Waals surface area contributed by atoms with Crippen LogP contribution in [0, 0.1) is 0 Å². The summed E-state index contributed by atoms with van der Waals surface area (Å²) in [7, 11) is 0.333. The maximum atomic E-state index is 9.98. The van der Waals surface area contributed by atoms with E-state index in [9.17, 15) is 4.79 Å². The van der Waals surface area contributed by atoms with Gasteiger partial charge in [0.05, 0.1) is 6.35 Å². The van der Waals surface area contributed by atoms with Gasteiger partial charge in [-0.1, -0.05) is 8.58 Å². The summed E-state index contributed by atoms with van der Waals surface area (Å²) >= 11 is 0. The van der Waals surface area contributed by atoms with Crippen LogP contribution < -0.4 is 0 Å². The predicted molar refractivity (Wildman–Crippen MR) is 38.5 cm³/mol. The third-order valence-corrected chi connectivity index (χ3v) is 1.86. The number of aliphatic carboxylic acids is 1. The molecule has 0 aliphatic heterocycles. The highest BCUT2D eigenvalue weighted by atomic mass is 31.1. The predicted octanol–water partition coefficient (Wildman–Crippen LogP) is -0.550. The largest absolute Gasteiger partial charge is 0.479 e. The Balaban J connectivity index is 3.21. The van der Waals surface area contributed by atoms with Gasteiger partial charge in [0.1, 0.15) is 0 Å². The highest BCUT2D eigenvalue weighted by molar-refractivity contribution is 7.37. The fourth-order valence-electron chi connectivity index (χ4n) is 0.441. The molecule has 3 N–H and O–H groups in total. The van der Waals surface area contributed by atoms with Crippen molar-refractivity contribution in [2.75, 3.05) is 12.5 Å². The first-order valence-electron chi connectivity index (χ1n) is 2.91. The molecular weight excluding hydrogens is 155 g/mol. The number of hydrogen-bond donors (Lipinski definition) is 3. The minimum absolute atomic E-state index is 0.0757. The van der Waals surface area contributed by atoms with Crippen molar-refractivity contribution in [2.24, 2.45) is 0 Å². The molecule has 0 fully saturated rings. The Bertz CT molecular complexity index is 106. The summed E-state index contributed by atoms with van der Waals surface area (Å²) in [5.74, 6) is -1.19. The molecular formula is C5H11O4P. The zero-order valence-electron chi connectivity index (χ0n) is 5.45. The standard InChI is InChI=1S/C5H11O4P/c6-3-10-2-1-4(7)5(8)9/h4,6-7,10H,1-3H2,(H,8,9). The van der Waals surface area contributed by atoms with E-state index >= 15 is 0 Å². The first-order chi connectivity index (χ1) is 4.68. The van der Waals surface area contributed by atoms with Crippen molar-refractivity contribution in [3.8, 4) is 0 Å². The Morgan fingerprint density at radius 3 is 2.60 bits per heavy atom. The number of carbonyl (C=O) groups is 1. The van der Waals surface area contributed by atoms with Crippen molar-refractivity contribution in [3.05, 3.63) is 0 Å². The lowest BCUT2D eigenvalue weighted by molar-refractivity contribution is -0.146. The number of hydrogen-bond acceptors (Lipinski definition) is 3. The molecule has 0 aliphatic rings. The Morgan fingerprint density at radius 2 is 2.20 bits per heavy atom. The zero-order chi connectivity index (χ0) is 7.98. The lowest BCUT2D eigenvalue weighted by atomic mass is 10.3. The van der Waals surface area contributed by atoms with E-state index in [2.05, 4.69) is 0 Å². The molecule has 0 aliphatic carbocycles. The first kappa shape index (κ1) is 9.82. The highest BCUT2D eigenvalue weighted by Gasteiger charge is 2.11. The van der Waals surface area contributed by atoms with Crippen LogP contribution in [0.15, 0.2) is 0 Å². The van der Waals surface area contributed by atoms with Gasteiger partial charge in [-0.3, -0.25) is 0 Å². The molecule has 0 bridgehead atoms. The molecule has 2 atom stereocenters. The summed E-state index contributed by atoms with van der Waals surface area (Å²) in [6, 6.07) is 0. The van der Waals surface area contributed by atoms with E-state index in [0.29, 0.717) is 14.7 Å². The Kier molecular flexibility index (Phi) is 5.49. The summed E-state index contributed by atoms with van der Waals surface area (Å²) < 4.78 is 0. The van der Waals surface area contributed by atoms with Gasteiger partial charge in [-0.25, -0.2) is 4.79 Å². The van der Waals surface area contributed by atoms with Crippen LogP contribution in [0.4, 0.5) is 0 Å². The number of aliphatic hydroxyl groups excluding tert-OH is 2. The Morgan fingerprint density at radius 1 is 1.60 bits per heavy atom. The van der Waals surface area contributed by atoms with Gasteiger partial charge in [0, 0.05) is 0 Å². The quantitative estimate of drug-likeness (QED) is 0.378. The molecule has 10 heavy (non-hydrogen) atoms. The second-order valence-corrected chi connectivity index (χ2v) is 3.12. The molecule has 0 saturated heterocycles. The third kappa shape index (κ3) is 4.68. The van der Waals surface area contributed by atoms with Gasteiger partial charge in [-0.15, -0.1) is 0 Å². The first-order valence-corrected chi connectivity index (χ1v) is 4.32. The molecule has 0 radical (unpaired) electrons. The van der Waals surface area contributed by atoms with Gasteiger partial charge in [0.25, 0.3) is 0 Å². The summed E-state index contributed by atoms with van der Waals surface area (Å²) in [4.78, 5) is 9.98. The minimum Gasteiger partial charge on any atom is -0.479 e. The van der Waals surface area contributed by atoms with E-state index in [4.69, 9.17) is 15.3 Å². The molecule has 0 aromatic rings. The van der Waals surface area contributed by atoms with E-state index in [1.165, 1.54) is 0 Å². The van der Waals surface area contributed by atoms with E-state index in [1.807, 2.05) is 0 Å². The summed E-state index contributed by atoms with van der Waals surface area (Å²) in [6.07, 6.45) is -0.385. The van der Waals surface area contributed by atoms with Crippen molar-refractivity contribution < 1.29 is 20.1 Å². The van der Waals surface area contributed by atoms with E-state index < -0.39 is 12.1 Å². The van der Waals surface area contributed by atoms with Crippen molar-refractivity contribution in [1.29, 1.82) is 0 Å². The van der Waals surface area contributed by atoms with Gasteiger partial charge >= 0.3 is 5.97 Å². The lowest BCUT2D eigenvalue weighted by Gasteiger charge is -2.02. The second-order valence-electron chi connectivity index (χ2n) is 1.80. The average Bonchev–Trinajstić information content (AvgIpc) is 1.88. The number of aliphatic hydroxyl groups is 2. The molecule has 4 nitrogen and oxygen atoms in total. The molecule has 0 spiro atoms.